The summed E-state index contributed by atoms with van der Waals surface area (Å²) >= 11 is 0. The number of nitrogens with zero attached hydrogens (tertiary/aromatic N) is 1. The first kappa shape index (κ1) is 16.8. The van der Waals surface area contributed by atoms with Crippen molar-refractivity contribution in [2.45, 2.75) is 18.8 Å². The molecular formula is C14H21NO4S. The second-order valence-corrected chi connectivity index (χ2v) is 6.79. The molecule has 1 unspecified atom stereocenters. The van der Waals surface area contributed by atoms with Crippen LogP contribution in [0.3, 0.4) is 0 Å². The second kappa shape index (κ2) is 8.84. The molecule has 0 aliphatic carbocycles. The lowest BCUT2D eigenvalue weighted by Crippen LogP contribution is -2.21. The van der Waals surface area contributed by atoms with E-state index in [2.05, 4.69) is 4.99 Å². The van der Waals surface area contributed by atoms with Crippen LogP contribution < -0.4 is 0 Å². The highest BCUT2D eigenvalue weighted by molar-refractivity contribution is 7.91. The van der Waals surface area contributed by atoms with Crippen molar-refractivity contribution in [1.29, 1.82) is 0 Å². The van der Waals surface area contributed by atoms with Crippen molar-refractivity contribution in [3.63, 3.8) is 0 Å². The molecule has 1 atom stereocenters. The van der Waals surface area contributed by atoms with E-state index in [1.165, 1.54) is 6.92 Å². The highest BCUT2D eigenvalue weighted by Gasteiger charge is 2.16. The first-order valence-corrected chi connectivity index (χ1v) is 8.26. The molecule has 0 saturated carbocycles. The van der Waals surface area contributed by atoms with Crippen LogP contribution in [-0.4, -0.2) is 50.7 Å². The fourth-order valence-electron chi connectivity index (χ4n) is 1.46. The predicted molar refractivity (Wildman–Crippen MR) is 79.8 cm³/mol. The van der Waals surface area contributed by atoms with Gasteiger partial charge in [-0.25, -0.2) is 8.42 Å². The zero-order valence-corrected chi connectivity index (χ0v) is 12.4. The van der Waals surface area contributed by atoms with E-state index in [1.807, 2.05) is 30.3 Å². The molecular weight excluding hydrogens is 278 g/mol. The highest BCUT2D eigenvalue weighted by Crippen LogP contribution is 2.00. The number of aliphatic imine (C=N–C) groups is 1. The molecule has 0 aromatic heterocycles. The summed E-state index contributed by atoms with van der Waals surface area (Å²) in [6.45, 7) is 2.61. The Morgan fingerprint density at radius 3 is 2.65 bits per heavy atom. The molecule has 0 spiro atoms. The van der Waals surface area contributed by atoms with Gasteiger partial charge < -0.3 is 9.84 Å². The van der Waals surface area contributed by atoms with Gasteiger partial charge in [0.15, 0.2) is 15.3 Å². The Morgan fingerprint density at radius 2 is 2.00 bits per heavy atom. The average Bonchev–Trinajstić information content (AvgIpc) is 2.42. The largest absolute Gasteiger partial charge is 0.379 e. The number of aliphatic hydroxyl groups excluding tert-OH is 1. The molecule has 0 heterocycles. The van der Waals surface area contributed by atoms with Crippen LogP contribution in [0.5, 0.6) is 0 Å². The maximum atomic E-state index is 11.3. The van der Waals surface area contributed by atoms with Crippen LogP contribution >= 0.6 is 0 Å². The minimum atomic E-state index is -3.39. The summed E-state index contributed by atoms with van der Waals surface area (Å²) in [6, 6.07) is 9.76. The Balaban J connectivity index is 2.07. The maximum Gasteiger partial charge on any atom is 0.176 e. The van der Waals surface area contributed by atoms with Gasteiger partial charge in [0.1, 0.15) is 0 Å². The van der Waals surface area contributed by atoms with E-state index in [0.717, 1.165) is 5.56 Å². The molecule has 0 radical (unpaired) electrons. The SMILES string of the molecule is CC(O)S(=O)(=O)CCCOCCN=Cc1ccccc1. The van der Waals surface area contributed by atoms with Gasteiger partial charge in [-0.3, -0.25) is 4.99 Å². The number of ether oxygens (including phenoxy) is 1. The molecule has 0 aliphatic rings. The van der Waals surface area contributed by atoms with E-state index in [-0.39, 0.29) is 5.75 Å². The first-order valence-electron chi connectivity index (χ1n) is 6.54. The van der Waals surface area contributed by atoms with Crippen LogP contribution in [0.2, 0.25) is 0 Å². The van der Waals surface area contributed by atoms with Gasteiger partial charge in [-0.15, -0.1) is 0 Å². The maximum absolute atomic E-state index is 11.3. The van der Waals surface area contributed by atoms with Crippen LogP contribution in [0.15, 0.2) is 35.3 Å². The molecule has 0 saturated heterocycles. The van der Waals surface area contributed by atoms with E-state index in [4.69, 9.17) is 9.84 Å². The number of aliphatic hydroxyl groups is 1. The van der Waals surface area contributed by atoms with Crippen LogP contribution in [0, 0.1) is 0 Å². The lowest BCUT2D eigenvalue weighted by Gasteiger charge is -2.06. The van der Waals surface area contributed by atoms with Gasteiger partial charge in [0.05, 0.1) is 18.9 Å². The fourth-order valence-corrected chi connectivity index (χ4v) is 2.32. The third-order valence-electron chi connectivity index (χ3n) is 2.64. The summed E-state index contributed by atoms with van der Waals surface area (Å²) in [6.07, 6.45) is 2.16. The van der Waals surface area contributed by atoms with Crippen molar-refractivity contribution in [3.8, 4) is 0 Å². The zero-order valence-electron chi connectivity index (χ0n) is 11.6. The number of sulfone groups is 1. The summed E-state index contributed by atoms with van der Waals surface area (Å²) in [5.41, 5.74) is -0.270. The number of benzene rings is 1. The van der Waals surface area contributed by atoms with Crippen molar-refractivity contribution < 1.29 is 18.3 Å². The molecule has 1 N–H and O–H groups in total. The van der Waals surface area contributed by atoms with Gasteiger partial charge in [0, 0.05) is 12.8 Å². The number of rotatable bonds is 9. The van der Waals surface area contributed by atoms with Gasteiger partial charge in [-0.2, -0.15) is 0 Å². The van der Waals surface area contributed by atoms with E-state index in [0.29, 0.717) is 26.2 Å². The highest BCUT2D eigenvalue weighted by atomic mass is 32.2. The van der Waals surface area contributed by atoms with E-state index < -0.39 is 15.3 Å². The van der Waals surface area contributed by atoms with Crippen LogP contribution in [0.4, 0.5) is 0 Å². The monoisotopic (exact) mass is 299 g/mol. The molecule has 1 aromatic carbocycles. The van der Waals surface area contributed by atoms with Gasteiger partial charge in [-0.1, -0.05) is 30.3 Å². The first-order chi connectivity index (χ1) is 9.52. The van der Waals surface area contributed by atoms with Gasteiger partial charge in [-0.05, 0) is 18.9 Å². The summed E-state index contributed by atoms with van der Waals surface area (Å²) in [5.74, 6) is -0.0576. The van der Waals surface area contributed by atoms with Crippen LogP contribution in [-0.2, 0) is 14.6 Å². The third-order valence-corrected chi connectivity index (χ3v) is 4.54. The number of hydrogen-bond acceptors (Lipinski definition) is 5. The molecule has 1 aromatic rings. The molecule has 0 aliphatic heterocycles. The van der Waals surface area contributed by atoms with Crippen LogP contribution in [0.25, 0.3) is 0 Å². The lowest BCUT2D eigenvalue weighted by molar-refractivity contribution is 0.143. The average molecular weight is 299 g/mol. The topological polar surface area (TPSA) is 76.0 Å². The standard InChI is InChI=1S/C14H21NO4S/c1-13(16)20(17,18)11-5-9-19-10-8-15-12-14-6-3-2-4-7-14/h2-4,6-7,12-13,16H,5,8-11H2,1H3. The Hall–Kier alpha value is -1.24. The van der Waals surface area contributed by atoms with Crippen molar-refractivity contribution in [2.24, 2.45) is 4.99 Å². The molecule has 1 rings (SSSR count). The smallest absolute Gasteiger partial charge is 0.176 e. The Bertz CT molecular complexity index is 497. The van der Waals surface area contributed by atoms with Gasteiger partial charge >= 0.3 is 0 Å². The summed E-state index contributed by atoms with van der Waals surface area (Å²) in [4.78, 5) is 4.21. The van der Waals surface area contributed by atoms with Crippen molar-refractivity contribution in [2.75, 3.05) is 25.5 Å². The van der Waals surface area contributed by atoms with Gasteiger partial charge in [0.25, 0.3) is 0 Å². The van der Waals surface area contributed by atoms with E-state index in [1.54, 1.807) is 6.21 Å². The molecule has 6 heteroatoms. The molecule has 0 amide bonds. The van der Waals surface area contributed by atoms with Crippen molar-refractivity contribution in [3.05, 3.63) is 35.9 Å². The van der Waals surface area contributed by atoms with E-state index >= 15 is 0 Å². The Morgan fingerprint density at radius 1 is 1.30 bits per heavy atom. The fraction of sp³-hybridized carbons (Fsp3) is 0.500. The van der Waals surface area contributed by atoms with Gasteiger partial charge in [0.2, 0.25) is 0 Å². The summed E-state index contributed by atoms with van der Waals surface area (Å²) < 4.78 is 27.9. The zero-order chi connectivity index (χ0) is 14.8. The third kappa shape index (κ3) is 6.79. The lowest BCUT2D eigenvalue weighted by atomic mass is 10.2. The molecule has 0 fully saturated rings. The summed E-state index contributed by atoms with van der Waals surface area (Å²) in [7, 11) is -3.39. The minimum absolute atomic E-state index is 0.0576. The quantitative estimate of drug-likeness (QED) is 0.550. The molecule has 5 nitrogen and oxygen atoms in total. The second-order valence-electron chi connectivity index (χ2n) is 4.38. The summed E-state index contributed by atoms with van der Waals surface area (Å²) in [5, 5.41) is 9.01. The molecule has 20 heavy (non-hydrogen) atoms. The normalized spacial score (nSPS) is 13.7. The Labute approximate surface area is 120 Å². The van der Waals surface area contributed by atoms with Crippen molar-refractivity contribution in [1.82, 2.24) is 0 Å². The number of hydrogen-bond donors (Lipinski definition) is 1. The van der Waals surface area contributed by atoms with Crippen LogP contribution in [0.1, 0.15) is 18.9 Å². The van der Waals surface area contributed by atoms with E-state index in [9.17, 15) is 8.42 Å². The molecule has 112 valence electrons. The molecule has 0 bridgehead atoms. The van der Waals surface area contributed by atoms with Crippen molar-refractivity contribution >= 4 is 16.1 Å². The predicted octanol–water partition coefficient (Wildman–Crippen LogP) is 1.27. The Kier molecular flexibility index (Phi) is 7.43. The minimum Gasteiger partial charge on any atom is -0.379 e.